The fourth-order valence-corrected chi connectivity index (χ4v) is 5.46. The highest BCUT2D eigenvalue weighted by atomic mass is 32.2. The highest BCUT2D eigenvalue weighted by Gasteiger charge is 2.26. The number of nitrogens with zero attached hydrogens (tertiary/aromatic N) is 1. The van der Waals surface area contributed by atoms with Gasteiger partial charge in [0.15, 0.2) is 0 Å². The molecule has 0 spiro atoms. The van der Waals surface area contributed by atoms with Gasteiger partial charge in [0.25, 0.3) is 15.9 Å². The fraction of sp³-hybridized carbons (Fsp3) is 0.296. The summed E-state index contributed by atoms with van der Waals surface area (Å²) >= 11 is 0. The summed E-state index contributed by atoms with van der Waals surface area (Å²) < 4.78 is 47.3. The number of benzene rings is 3. The Labute approximate surface area is 211 Å². The maximum atomic E-state index is 13.9. The SMILES string of the molecule is COc1ccccc1[C@@H](CNC(=O)c1cccc(NS(=O)(=O)c2ccc(C)c(F)c2)c1)N1CCCC1. The van der Waals surface area contributed by atoms with Gasteiger partial charge in [0.05, 0.1) is 18.0 Å². The molecule has 0 bridgehead atoms. The van der Waals surface area contributed by atoms with Gasteiger partial charge in [-0.1, -0.05) is 30.3 Å². The Balaban J connectivity index is 1.49. The van der Waals surface area contributed by atoms with Crippen LogP contribution in [0.4, 0.5) is 10.1 Å². The van der Waals surface area contributed by atoms with E-state index in [9.17, 15) is 17.6 Å². The van der Waals surface area contributed by atoms with Crippen LogP contribution in [-0.2, 0) is 10.0 Å². The molecule has 1 heterocycles. The number of para-hydroxylation sites is 1. The minimum Gasteiger partial charge on any atom is -0.496 e. The van der Waals surface area contributed by atoms with Gasteiger partial charge >= 0.3 is 0 Å². The second kappa shape index (κ2) is 11.1. The molecule has 1 aliphatic heterocycles. The van der Waals surface area contributed by atoms with Gasteiger partial charge in [0, 0.05) is 23.4 Å². The number of halogens is 1. The number of sulfonamides is 1. The number of hydrogen-bond donors (Lipinski definition) is 2. The van der Waals surface area contributed by atoms with Crippen molar-refractivity contribution in [1.29, 1.82) is 0 Å². The lowest BCUT2D eigenvalue weighted by Gasteiger charge is -2.29. The molecule has 3 aromatic carbocycles. The Hall–Kier alpha value is -3.43. The Morgan fingerprint density at radius 3 is 2.53 bits per heavy atom. The summed E-state index contributed by atoms with van der Waals surface area (Å²) in [6, 6.07) is 17.7. The molecule has 1 saturated heterocycles. The van der Waals surface area contributed by atoms with Gasteiger partial charge in [-0.2, -0.15) is 0 Å². The summed E-state index contributed by atoms with van der Waals surface area (Å²) in [5.74, 6) is -0.155. The maximum Gasteiger partial charge on any atom is 0.261 e. The molecule has 1 amide bonds. The van der Waals surface area contributed by atoms with Crippen LogP contribution in [0.1, 0.15) is 40.4 Å². The average molecular weight is 512 g/mol. The molecule has 0 unspecified atom stereocenters. The van der Waals surface area contributed by atoms with Crippen LogP contribution in [-0.4, -0.2) is 46.0 Å². The van der Waals surface area contributed by atoms with Gasteiger partial charge in [-0.15, -0.1) is 0 Å². The number of anilines is 1. The van der Waals surface area contributed by atoms with E-state index in [2.05, 4.69) is 14.9 Å². The van der Waals surface area contributed by atoms with Crippen molar-refractivity contribution in [2.45, 2.75) is 30.7 Å². The van der Waals surface area contributed by atoms with Crippen LogP contribution in [0, 0.1) is 12.7 Å². The predicted molar refractivity (Wildman–Crippen MR) is 137 cm³/mol. The van der Waals surface area contributed by atoms with E-state index < -0.39 is 15.8 Å². The minimum atomic E-state index is -4.02. The molecular formula is C27H30FN3O4S. The highest BCUT2D eigenvalue weighted by Crippen LogP contribution is 2.31. The number of likely N-dealkylation sites (tertiary alicyclic amines) is 1. The van der Waals surface area contributed by atoms with Crippen molar-refractivity contribution in [1.82, 2.24) is 10.2 Å². The zero-order valence-electron chi connectivity index (χ0n) is 20.3. The van der Waals surface area contributed by atoms with Gasteiger partial charge in [-0.05, 0) is 74.8 Å². The first kappa shape index (κ1) is 25.7. The molecule has 36 heavy (non-hydrogen) atoms. The normalized spacial score (nSPS) is 14.9. The molecule has 1 atom stereocenters. The van der Waals surface area contributed by atoms with Gasteiger partial charge < -0.3 is 10.1 Å². The quantitative estimate of drug-likeness (QED) is 0.441. The molecule has 4 rings (SSSR count). The monoisotopic (exact) mass is 511 g/mol. The molecule has 0 saturated carbocycles. The van der Waals surface area contributed by atoms with Crippen molar-refractivity contribution >= 4 is 21.6 Å². The van der Waals surface area contributed by atoms with Crippen LogP contribution in [0.5, 0.6) is 5.75 Å². The van der Waals surface area contributed by atoms with E-state index in [1.165, 1.54) is 18.2 Å². The number of hydrogen-bond acceptors (Lipinski definition) is 5. The first-order valence-corrected chi connectivity index (χ1v) is 13.3. The second-order valence-corrected chi connectivity index (χ2v) is 10.5. The van der Waals surface area contributed by atoms with Crippen LogP contribution in [0.25, 0.3) is 0 Å². The smallest absolute Gasteiger partial charge is 0.261 e. The number of carbonyl (C=O) groups is 1. The Kier molecular flexibility index (Phi) is 7.91. The lowest BCUT2D eigenvalue weighted by molar-refractivity contribution is 0.0937. The number of methoxy groups -OCH3 is 1. The minimum absolute atomic E-state index is 0.0503. The molecular weight excluding hydrogens is 481 g/mol. The molecule has 7 nitrogen and oxygen atoms in total. The number of amides is 1. The summed E-state index contributed by atoms with van der Waals surface area (Å²) in [5, 5.41) is 3.00. The number of aryl methyl sites for hydroxylation is 1. The van der Waals surface area contributed by atoms with Crippen LogP contribution >= 0.6 is 0 Å². The van der Waals surface area contributed by atoms with Crippen LogP contribution in [0.2, 0.25) is 0 Å². The second-order valence-electron chi connectivity index (χ2n) is 8.81. The van der Waals surface area contributed by atoms with E-state index in [0.29, 0.717) is 17.7 Å². The molecule has 9 heteroatoms. The third kappa shape index (κ3) is 5.85. The van der Waals surface area contributed by atoms with Gasteiger partial charge in [-0.25, -0.2) is 12.8 Å². The number of ether oxygens (including phenoxy) is 1. The molecule has 0 radical (unpaired) electrons. The van der Waals surface area contributed by atoms with Gasteiger partial charge in [-0.3, -0.25) is 14.4 Å². The van der Waals surface area contributed by atoms with Crippen molar-refractivity contribution in [3.05, 3.63) is 89.2 Å². The zero-order chi connectivity index (χ0) is 25.7. The van der Waals surface area contributed by atoms with Crippen LogP contribution in [0.3, 0.4) is 0 Å². The first-order valence-electron chi connectivity index (χ1n) is 11.8. The molecule has 3 aromatic rings. The molecule has 1 fully saturated rings. The van der Waals surface area contributed by atoms with E-state index in [1.54, 1.807) is 32.2 Å². The van der Waals surface area contributed by atoms with E-state index >= 15 is 0 Å². The van der Waals surface area contributed by atoms with Crippen molar-refractivity contribution in [2.75, 3.05) is 31.5 Å². The third-order valence-electron chi connectivity index (χ3n) is 6.37. The van der Waals surface area contributed by atoms with E-state index in [0.717, 1.165) is 43.3 Å². The van der Waals surface area contributed by atoms with Crippen LogP contribution < -0.4 is 14.8 Å². The number of nitrogens with one attached hydrogen (secondary N) is 2. The lowest BCUT2D eigenvalue weighted by atomic mass is 10.0. The topological polar surface area (TPSA) is 87.7 Å². The summed E-state index contributed by atoms with van der Waals surface area (Å²) in [5.41, 5.74) is 1.89. The summed E-state index contributed by atoms with van der Waals surface area (Å²) in [6.07, 6.45) is 2.21. The molecule has 0 aromatic heterocycles. The van der Waals surface area contributed by atoms with Crippen molar-refractivity contribution < 1.29 is 22.3 Å². The van der Waals surface area contributed by atoms with Crippen LogP contribution in [0.15, 0.2) is 71.6 Å². The standard InChI is InChI=1S/C27H30FN3O4S/c1-19-12-13-22(17-24(19)28)36(33,34)30-21-9-7-8-20(16-21)27(32)29-18-25(31-14-5-6-15-31)23-10-3-4-11-26(23)35-2/h3-4,7-13,16-17,25,30H,5-6,14-15,18H2,1-2H3,(H,29,32)/t25-/m1/s1. The highest BCUT2D eigenvalue weighted by molar-refractivity contribution is 7.92. The lowest BCUT2D eigenvalue weighted by Crippen LogP contribution is -2.37. The molecule has 1 aliphatic rings. The van der Waals surface area contributed by atoms with E-state index in [1.807, 2.05) is 24.3 Å². The molecule has 0 aliphatic carbocycles. The maximum absolute atomic E-state index is 13.9. The number of carbonyl (C=O) groups excluding carboxylic acids is 1. The zero-order valence-corrected chi connectivity index (χ0v) is 21.1. The van der Waals surface area contributed by atoms with E-state index in [-0.39, 0.29) is 22.5 Å². The predicted octanol–water partition coefficient (Wildman–Crippen LogP) is 4.51. The molecule has 2 N–H and O–H groups in total. The van der Waals surface area contributed by atoms with Crippen molar-refractivity contribution in [3.63, 3.8) is 0 Å². The van der Waals surface area contributed by atoms with Crippen molar-refractivity contribution in [3.8, 4) is 5.75 Å². The first-order chi connectivity index (χ1) is 17.3. The van der Waals surface area contributed by atoms with E-state index in [4.69, 9.17) is 4.74 Å². The fourth-order valence-electron chi connectivity index (χ4n) is 4.40. The average Bonchev–Trinajstić information content (AvgIpc) is 3.40. The molecule has 190 valence electrons. The summed E-state index contributed by atoms with van der Waals surface area (Å²) in [6.45, 7) is 3.81. The third-order valence-corrected chi connectivity index (χ3v) is 7.74. The Morgan fingerprint density at radius 1 is 1.06 bits per heavy atom. The number of rotatable bonds is 9. The van der Waals surface area contributed by atoms with Crippen molar-refractivity contribution in [2.24, 2.45) is 0 Å². The Morgan fingerprint density at radius 2 is 1.81 bits per heavy atom. The van der Waals surface area contributed by atoms with Gasteiger partial charge in [0.1, 0.15) is 11.6 Å². The Bertz CT molecular complexity index is 1340. The largest absolute Gasteiger partial charge is 0.496 e. The summed E-state index contributed by atoms with van der Waals surface area (Å²) in [7, 11) is -2.38. The summed E-state index contributed by atoms with van der Waals surface area (Å²) in [4.78, 5) is 15.2. The van der Waals surface area contributed by atoms with Gasteiger partial charge in [0.2, 0.25) is 0 Å².